The van der Waals surface area contributed by atoms with E-state index in [0.717, 1.165) is 36.7 Å². The van der Waals surface area contributed by atoms with Crippen molar-refractivity contribution in [3.05, 3.63) is 117 Å². The van der Waals surface area contributed by atoms with E-state index in [2.05, 4.69) is 27.9 Å². The summed E-state index contributed by atoms with van der Waals surface area (Å²) in [7, 11) is 0. The molecule has 4 nitrogen and oxygen atoms in total. The Labute approximate surface area is 229 Å². The number of rotatable bonds is 4. The lowest BCUT2D eigenvalue weighted by molar-refractivity contribution is 0.259. The molecule has 0 radical (unpaired) electrons. The highest BCUT2D eigenvalue weighted by atomic mass is 127. The molecule has 0 unspecified atom stereocenters. The minimum atomic E-state index is -0.309. The SMILES string of the molecule is Cc1ccc(NC(=O)N(c2ccc(C)cc2)c2nc(-c3ccccc3)c(I)c3ccc(Cl)cc23)cc1. The summed E-state index contributed by atoms with van der Waals surface area (Å²) >= 11 is 8.77. The highest BCUT2D eigenvalue weighted by Gasteiger charge is 2.25. The van der Waals surface area contributed by atoms with Crippen LogP contribution >= 0.6 is 34.2 Å². The number of nitrogens with one attached hydrogen (secondary N) is 1. The normalized spacial score (nSPS) is 10.9. The Morgan fingerprint density at radius 2 is 1.47 bits per heavy atom. The molecule has 0 aliphatic heterocycles. The van der Waals surface area contributed by atoms with Crippen molar-refractivity contribution in [2.75, 3.05) is 10.2 Å². The van der Waals surface area contributed by atoms with Crippen molar-refractivity contribution in [1.29, 1.82) is 0 Å². The summed E-state index contributed by atoms with van der Waals surface area (Å²) in [5, 5.41) is 5.40. The third-order valence-corrected chi connectivity index (χ3v) is 7.27. The van der Waals surface area contributed by atoms with Crippen LogP contribution in [-0.2, 0) is 0 Å². The first-order valence-electron chi connectivity index (χ1n) is 11.5. The monoisotopic (exact) mass is 603 g/mol. The fourth-order valence-electron chi connectivity index (χ4n) is 4.04. The molecule has 0 fully saturated rings. The summed E-state index contributed by atoms with van der Waals surface area (Å²) in [4.78, 5) is 20.6. The Kier molecular flexibility index (Phi) is 6.94. The molecule has 1 heterocycles. The molecule has 0 aliphatic carbocycles. The van der Waals surface area contributed by atoms with Crippen LogP contribution in [0.25, 0.3) is 22.0 Å². The summed E-state index contributed by atoms with van der Waals surface area (Å²) in [6, 6.07) is 31.0. The Balaban J connectivity index is 1.75. The van der Waals surface area contributed by atoms with Crippen LogP contribution in [0.15, 0.2) is 97.1 Å². The molecule has 1 aromatic heterocycles. The van der Waals surface area contributed by atoms with E-state index < -0.39 is 0 Å². The highest BCUT2D eigenvalue weighted by Crippen LogP contribution is 2.39. The van der Waals surface area contributed by atoms with Crippen molar-refractivity contribution in [2.24, 2.45) is 0 Å². The number of benzene rings is 4. The van der Waals surface area contributed by atoms with Crippen LogP contribution in [0.3, 0.4) is 0 Å². The molecule has 0 atom stereocenters. The van der Waals surface area contributed by atoms with Gasteiger partial charge in [-0.1, -0.05) is 83.4 Å². The molecule has 0 aliphatic rings. The maximum atomic E-state index is 13.9. The number of aryl methyl sites for hydroxylation is 2. The Morgan fingerprint density at radius 1 is 0.833 bits per heavy atom. The second-order valence-electron chi connectivity index (χ2n) is 8.62. The number of hydrogen-bond acceptors (Lipinski definition) is 2. The van der Waals surface area contributed by atoms with Gasteiger partial charge in [0.15, 0.2) is 0 Å². The second-order valence-corrected chi connectivity index (χ2v) is 10.1. The average Bonchev–Trinajstić information content (AvgIpc) is 2.88. The van der Waals surface area contributed by atoms with Crippen molar-refractivity contribution in [1.82, 2.24) is 4.98 Å². The first-order chi connectivity index (χ1) is 17.4. The minimum Gasteiger partial charge on any atom is -0.307 e. The van der Waals surface area contributed by atoms with Gasteiger partial charge in [-0.3, -0.25) is 0 Å². The number of halogens is 2. The summed E-state index contributed by atoms with van der Waals surface area (Å²) in [6.45, 7) is 4.03. The van der Waals surface area contributed by atoms with Crippen LogP contribution in [0.1, 0.15) is 11.1 Å². The fraction of sp³-hybridized carbons (Fsp3) is 0.0667. The van der Waals surface area contributed by atoms with Crippen molar-refractivity contribution in [3.8, 4) is 11.3 Å². The van der Waals surface area contributed by atoms with E-state index in [9.17, 15) is 4.79 Å². The number of fused-ring (bicyclic) bond motifs is 1. The van der Waals surface area contributed by atoms with Gasteiger partial charge in [-0.2, -0.15) is 0 Å². The van der Waals surface area contributed by atoms with Crippen LogP contribution in [-0.4, -0.2) is 11.0 Å². The molecule has 2 amide bonds. The minimum absolute atomic E-state index is 0.309. The Hall–Kier alpha value is -3.42. The number of aromatic nitrogens is 1. The average molecular weight is 604 g/mol. The number of pyridine rings is 1. The largest absolute Gasteiger partial charge is 0.332 e. The molecule has 0 spiro atoms. The molecule has 36 heavy (non-hydrogen) atoms. The zero-order chi connectivity index (χ0) is 25.2. The molecule has 0 saturated carbocycles. The number of anilines is 3. The van der Waals surface area contributed by atoms with E-state index in [1.807, 2.05) is 111 Å². The number of hydrogen-bond donors (Lipinski definition) is 1. The lowest BCUT2D eigenvalue weighted by Crippen LogP contribution is -2.32. The van der Waals surface area contributed by atoms with E-state index >= 15 is 0 Å². The van der Waals surface area contributed by atoms with Crippen molar-refractivity contribution >= 4 is 68.2 Å². The molecule has 0 saturated heterocycles. The van der Waals surface area contributed by atoms with Gasteiger partial charge in [0, 0.05) is 30.6 Å². The van der Waals surface area contributed by atoms with Crippen LogP contribution in [0, 0.1) is 17.4 Å². The Morgan fingerprint density at radius 3 is 2.14 bits per heavy atom. The van der Waals surface area contributed by atoms with Gasteiger partial charge >= 0.3 is 6.03 Å². The third-order valence-electron chi connectivity index (χ3n) is 5.94. The van der Waals surface area contributed by atoms with Gasteiger partial charge in [-0.05, 0) is 72.8 Å². The Bertz CT molecular complexity index is 1550. The number of nitrogens with zero attached hydrogens (tertiary/aromatic N) is 2. The zero-order valence-electron chi connectivity index (χ0n) is 19.8. The van der Waals surface area contributed by atoms with Crippen LogP contribution < -0.4 is 10.2 Å². The maximum absolute atomic E-state index is 13.9. The van der Waals surface area contributed by atoms with Gasteiger partial charge < -0.3 is 5.32 Å². The lowest BCUT2D eigenvalue weighted by Gasteiger charge is -2.25. The molecule has 6 heteroatoms. The van der Waals surface area contributed by atoms with E-state index in [1.54, 1.807) is 4.90 Å². The molecule has 1 N–H and O–H groups in total. The number of carbonyl (C=O) groups excluding carboxylic acids is 1. The fourth-order valence-corrected chi connectivity index (χ4v) is 5.11. The van der Waals surface area contributed by atoms with Crippen LogP contribution in [0.4, 0.5) is 22.0 Å². The first-order valence-corrected chi connectivity index (χ1v) is 12.9. The van der Waals surface area contributed by atoms with Crippen molar-refractivity contribution in [3.63, 3.8) is 0 Å². The summed E-state index contributed by atoms with van der Waals surface area (Å²) in [5.41, 5.74) is 5.42. The van der Waals surface area contributed by atoms with Crippen molar-refractivity contribution < 1.29 is 4.79 Å². The summed E-state index contributed by atoms with van der Waals surface area (Å²) in [5.74, 6) is 0.514. The number of amides is 2. The third kappa shape index (κ3) is 4.94. The molecule has 5 rings (SSSR count). The topological polar surface area (TPSA) is 45.2 Å². The molecular weight excluding hydrogens is 581 g/mol. The smallest absolute Gasteiger partial charge is 0.307 e. The van der Waals surface area contributed by atoms with Gasteiger partial charge in [-0.25, -0.2) is 14.7 Å². The van der Waals surface area contributed by atoms with Gasteiger partial charge in [-0.15, -0.1) is 0 Å². The van der Waals surface area contributed by atoms with Gasteiger partial charge in [0.25, 0.3) is 0 Å². The summed E-state index contributed by atoms with van der Waals surface area (Å²) < 4.78 is 0.997. The van der Waals surface area contributed by atoms with E-state index in [-0.39, 0.29) is 6.03 Å². The number of urea groups is 1. The highest BCUT2D eigenvalue weighted by molar-refractivity contribution is 14.1. The summed E-state index contributed by atoms with van der Waals surface area (Å²) in [6.07, 6.45) is 0. The quantitative estimate of drug-likeness (QED) is 0.208. The lowest BCUT2D eigenvalue weighted by atomic mass is 10.1. The zero-order valence-corrected chi connectivity index (χ0v) is 22.7. The van der Waals surface area contributed by atoms with Crippen LogP contribution in [0.2, 0.25) is 5.02 Å². The predicted octanol–water partition coefficient (Wildman–Crippen LogP) is 9.15. The molecule has 0 bridgehead atoms. The van der Waals surface area contributed by atoms with Gasteiger partial charge in [0.2, 0.25) is 0 Å². The van der Waals surface area contributed by atoms with Crippen molar-refractivity contribution in [2.45, 2.75) is 13.8 Å². The molecule has 178 valence electrons. The second kappa shape index (κ2) is 10.3. The van der Waals surface area contributed by atoms with Gasteiger partial charge in [0.05, 0.1) is 11.4 Å². The number of carbonyl (C=O) groups is 1. The maximum Gasteiger partial charge on any atom is 0.332 e. The molecule has 5 aromatic rings. The molecular formula is C30H23ClIN3O. The van der Waals surface area contributed by atoms with E-state index in [0.29, 0.717) is 22.2 Å². The first kappa shape index (κ1) is 24.3. The predicted molar refractivity (Wildman–Crippen MR) is 158 cm³/mol. The van der Waals surface area contributed by atoms with E-state index in [1.165, 1.54) is 0 Å². The standard InChI is InChI=1S/C30H23ClIN3O/c1-19-8-13-23(14-9-19)33-30(36)35(24-15-10-20(2)11-16-24)29-26-18-22(31)12-17-25(26)27(32)28(34-29)21-6-4-3-5-7-21/h3-18H,1-2H3,(H,33,36). The van der Waals surface area contributed by atoms with Crippen LogP contribution in [0.5, 0.6) is 0 Å². The van der Waals surface area contributed by atoms with Gasteiger partial charge in [0.1, 0.15) is 5.82 Å². The molecule has 4 aromatic carbocycles. The van der Waals surface area contributed by atoms with E-state index in [4.69, 9.17) is 16.6 Å².